The molecule has 3 rings (SSSR count). The minimum atomic E-state index is 0.0550. The normalized spacial score (nSPS) is 17.9. The van der Waals surface area contributed by atoms with E-state index in [9.17, 15) is 4.79 Å². The number of hydrogen-bond donors (Lipinski definition) is 2. The van der Waals surface area contributed by atoms with E-state index in [4.69, 9.17) is 4.42 Å². The molecule has 0 spiro atoms. The topological polar surface area (TPSA) is 67.2 Å². The Balaban J connectivity index is 1.60. The molecular formula is C16H19N3O2. The summed E-state index contributed by atoms with van der Waals surface area (Å²) in [6.07, 6.45) is 4.40. The molecule has 1 aromatic carbocycles. The van der Waals surface area contributed by atoms with Crippen molar-refractivity contribution in [1.29, 1.82) is 0 Å². The summed E-state index contributed by atoms with van der Waals surface area (Å²) in [6, 6.07) is 7.96. The summed E-state index contributed by atoms with van der Waals surface area (Å²) in [7, 11) is 0. The predicted molar refractivity (Wildman–Crippen MR) is 80.9 cm³/mol. The Morgan fingerprint density at radius 3 is 2.86 bits per heavy atom. The Kier molecular flexibility index (Phi) is 4.01. The molecule has 1 aromatic heterocycles. The number of anilines is 1. The highest BCUT2D eigenvalue weighted by molar-refractivity contribution is 5.91. The molecule has 1 saturated heterocycles. The van der Waals surface area contributed by atoms with Crippen LogP contribution in [0.4, 0.5) is 5.69 Å². The average Bonchev–Trinajstić information content (AvgIpc) is 3.11. The van der Waals surface area contributed by atoms with Crippen molar-refractivity contribution in [3.05, 3.63) is 36.4 Å². The molecule has 2 aromatic rings. The second-order valence-electron chi connectivity index (χ2n) is 5.37. The third-order valence-corrected chi connectivity index (χ3v) is 3.68. The SMILES string of the molecule is Cc1nc(-c2ccc(NC(=O)CC3CCCN3)cc2)co1. The molecule has 0 aliphatic carbocycles. The van der Waals surface area contributed by atoms with Gasteiger partial charge in [0.25, 0.3) is 0 Å². The van der Waals surface area contributed by atoms with Crippen LogP contribution >= 0.6 is 0 Å². The fourth-order valence-corrected chi connectivity index (χ4v) is 2.59. The zero-order valence-corrected chi connectivity index (χ0v) is 12.1. The van der Waals surface area contributed by atoms with E-state index in [1.54, 1.807) is 6.26 Å². The number of carbonyl (C=O) groups excluding carboxylic acids is 1. The van der Waals surface area contributed by atoms with Crippen LogP contribution in [0.1, 0.15) is 25.2 Å². The highest BCUT2D eigenvalue weighted by Crippen LogP contribution is 2.21. The average molecular weight is 285 g/mol. The van der Waals surface area contributed by atoms with E-state index in [0.29, 0.717) is 18.4 Å². The van der Waals surface area contributed by atoms with E-state index in [1.807, 2.05) is 31.2 Å². The maximum absolute atomic E-state index is 11.9. The van der Waals surface area contributed by atoms with Crippen LogP contribution < -0.4 is 10.6 Å². The van der Waals surface area contributed by atoms with Gasteiger partial charge in [-0.1, -0.05) is 12.1 Å². The minimum absolute atomic E-state index is 0.0550. The van der Waals surface area contributed by atoms with Gasteiger partial charge in [0.05, 0.1) is 0 Å². The molecule has 0 bridgehead atoms. The van der Waals surface area contributed by atoms with Gasteiger partial charge in [-0.2, -0.15) is 0 Å². The number of amides is 1. The molecule has 1 aliphatic heterocycles. The number of carbonyl (C=O) groups is 1. The number of hydrogen-bond acceptors (Lipinski definition) is 4. The summed E-state index contributed by atoms with van der Waals surface area (Å²) >= 11 is 0. The van der Waals surface area contributed by atoms with Crippen LogP contribution in [-0.2, 0) is 4.79 Å². The highest BCUT2D eigenvalue weighted by Gasteiger charge is 2.17. The van der Waals surface area contributed by atoms with E-state index in [-0.39, 0.29) is 5.91 Å². The van der Waals surface area contributed by atoms with Crippen molar-refractivity contribution in [2.75, 3.05) is 11.9 Å². The number of nitrogens with one attached hydrogen (secondary N) is 2. The molecule has 0 saturated carbocycles. The van der Waals surface area contributed by atoms with Gasteiger partial charge in [-0.3, -0.25) is 4.79 Å². The predicted octanol–water partition coefficient (Wildman–Crippen LogP) is 2.73. The molecule has 1 amide bonds. The van der Waals surface area contributed by atoms with Crippen molar-refractivity contribution in [2.45, 2.75) is 32.2 Å². The number of benzene rings is 1. The number of nitrogens with zero attached hydrogens (tertiary/aromatic N) is 1. The van der Waals surface area contributed by atoms with Gasteiger partial charge in [-0.05, 0) is 31.5 Å². The zero-order valence-electron chi connectivity index (χ0n) is 12.1. The van der Waals surface area contributed by atoms with E-state index >= 15 is 0 Å². The second-order valence-corrected chi connectivity index (χ2v) is 5.37. The molecule has 2 heterocycles. The lowest BCUT2D eigenvalue weighted by atomic mass is 10.1. The Bertz CT molecular complexity index is 613. The van der Waals surface area contributed by atoms with E-state index < -0.39 is 0 Å². The third kappa shape index (κ3) is 3.49. The fourth-order valence-electron chi connectivity index (χ4n) is 2.59. The van der Waals surface area contributed by atoms with Gasteiger partial charge < -0.3 is 15.1 Å². The van der Waals surface area contributed by atoms with Crippen LogP contribution in [0.5, 0.6) is 0 Å². The smallest absolute Gasteiger partial charge is 0.225 e. The molecule has 110 valence electrons. The fraction of sp³-hybridized carbons (Fsp3) is 0.375. The first kappa shape index (κ1) is 13.8. The van der Waals surface area contributed by atoms with Crippen molar-refractivity contribution in [3.8, 4) is 11.3 Å². The Labute approximate surface area is 123 Å². The zero-order chi connectivity index (χ0) is 14.7. The molecule has 5 heteroatoms. The van der Waals surface area contributed by atoms with E-state index in [1.165, 1.54) is 0 Å². The first-order chi connectivity index (χ1) is 10.2. The first-order valence-electron chi connectivity index (χ1n) is 7.26. The van der Waals surface area contributed by atoms with Crippen LogP contribution in [0.25, 0.3) is 11.3 Å². The molecule has 1 fully saturated rings. The van der Waals surface area contributed by atoms with Crippen molar-refractivity contribution in [3.63, 3.8) is 0 Å². The summed E-state index contributed by atoms with van der Waals surface area (Å²) in [6.45, 7) is 2.83. The van der Waals surface area contributed by atoms with Gasteiger partial charge in [0.1, 0.15) is 12.0 Å². The summed E-state index contributed by atoms with van der Waals surface area (Å²) in [5.74, 6) is 0.700. The first-order valence-corrected chi connectivity index (χ1v) is 7.26. The molecule has 0 radical (unpaired) electrons. The largest absolute Gasteiger partial charge is 0.449 e. The van der Waals surface area contributed by atoms with Gasteiger partial charge in [0.15, 0.2) is 5.89 Å². The van der Waals surface area contributed by atoms with Gasteiger partial charge in [-0.25, -0.2) is 4.98 Å². The Hall–Kier alpha value is -2.14. The van der Waals surface area contributed by atoms with Crippen molar-refractivity contribution < 1.29 is 9.21 Å². The number of oxazole rings is 1. The van der Waals surface area contributed by atoms with Crippen LogP contribution in [0.15, 0.2) is 34.9 Å². The second kappa shape index (κ2) is 6.10. The quantitative estimate of drug-likeness (QED) is 0.906. The van der Waals surface area contributed by atoms with Crippen molar-refractivity contribution >= 4 is 11.6 Å². The molecular weight excluding hydrogens is 266 g/mol. The number of aryl methyl sites for hydroxylation is 1. The van der Waals surface area contributed by atoms with Crippen molar-refractivity contribution in [2.24, 2.45) is 0 Å². The Morgan fingerprint density at radius 1 is 1.43 bits per heavy atom. The van der Waals surface area contributed by atoms with Gasteiger partial charge in [0.2, 0.25) is 5.91 Å². The lowest BCUT2D eigenvalue weighted by molar-refractivity contribution is -0.116. The van der Waals surface area contributed by atoms with Gasteiger partial charge in [0, 0.05) is 30.6 Å². The van der Waals surface area contributed by atoms with Gasteiger partial charge >= 0.3 is 0 Å². The number of aromatic nitrogens is 1. The van der Waals surface area contributed by atoms with Crippen molar-refractivity contribution in [1.82, 2.24) is 10.3 Å². The third-order valence-electron chi connectivity index (χ3n) is 3.68. The van der Waals surface area contributed by atoms with Gasteiger partial charge in [-0.15, -0.1) is 0 Å². The van der Waals surface area contributed by atoms with Crippen LogP contribution in [-0.4, -0.2) is 23.5 Å². The lowest BCUT2D eigenvalue weighted by Crippen LogP contribution is -2.27. The standard InChI is InChI=1S/C16H19N3O2/c1-11-18-15(10-21-11)12-4-6-13(7-5-12)19-16(20)9-14-3-2-8-17-14/h4-7,10,14,17H,2-3,8-9H2,1H3,(H,19,20). The summed E-state index contributed by atoms with van der Waals surface area (Å²) in [5.41, 5.74) is 2.59. The Morgan fingerprint density at radius 2 is 2.24 bits per heavy atom. The molecule has 21 heavy (non-hydrogen) atoms. The number of rotatable bonds is 4. The molecule has 1 atom stereocenters. The maximum atomic E-state index is 11.9. The summed E-state index contributed by atoms with van der Waals surface area (Å²) in [4.78, 5) is 16.2. The molecule has 1 unspecified atom stereocenters. The van der Waals surface area contributed by atoms with Crippen LogP contribution in [0.3, 0.4) is 0 Å². The van der Waals surface area contributed by atoms with Crippen LogP contribution in [0, 0.1) is 6.92 Å². The summed E-state index contributed by atoms with van der Waals surface area (Å²) in [5, 5.41) is 6.26. The summed E-state index contributed by atoms with van der Waals surface area (Å²) < 4.78 is 5.20. The molecule has 5 nitrogen and oxygen atoms in total. The molecule has 2 N–H and O–H groups in total. The monoisotopic (exact) mass is 285 g/mol. The van der Waals surface area contributed by atoms with E-state index in [2.05, 4.69) is 15.6 Å². The highest BCUT2D eigenvalue weighted by atomic mass is 16.3. The van der Waals surface area contributed by atoms with Crippen LogP contribution in [0.2, 0.25) is 0 Å². The minimum Gasteiger partial charge on any atom is -0.449 e. The lowest BCUT2D eigenvalue weighted by Gasteiger charge is -2.10. The van der Waals surface area contributed by atoms with E-state index in [0.717, 1.165) is 36.3 Å². The maximum Gasteiger partial charge on any atom is 0.225 e. The molecule has 1 aliphatic rings.